The molecule has 0 aliphatic carbocycles. The van der Waals surface area contributed by atoms with Gasteiger partial charge in [0.1, 0.15) is 11.5 Å². The van der Waals surface area contributed by atoms with Crippen LogP contribution in [0.3, 0.4) is 0 Å². The Bertz CT molecular complexity index is 3920. The highest BCUT2D eigenvalue weighted by molar-refractivity contribution is 5.82. The monoisotopic (exact) mass is 1110 g/mol. The van der Waals surface area contributed by atoms with Gasteiger partial charge in [0.2, 0.25) is 0 Å². The Kier molecular flexibility index (Phi) is 18.4. The summed E-state index contributed by atoms with van der Waals surface area (Å²) in [5.41, 5.74) is 17.2. The van der Waals surface area contributed by atoms with Crippen LogP contribution in [0.1, 0.15) is 158 Å². The molecular formula is C73H96N10. The molecule has 0 aliphatic heterocycles. The van der Waals surface area contributed by atoms with Crippen LogP contribution in [0.4, 0.5) is 0 Å². The van der Waals surface area contributed by atoms with E-state index >= 15 is 0 Å². The predicted octanol–water partition coefficient (Wildman–Crippen LogP) is 18.2. The first kappa shape index (κ1) is 62.9. The molecule has 8 aromatic heterocycles. The third kappa shape index (κ3) is 15.5. The average molecular weight is 1110 g/mol. The molecule has 0 radical (unpaired) electrons. The Balaban J connectivity index is 0.000000143. The fourth-order valence-corrected chi connectivity index (χ4v) is 9.84. The summed E-state index contributed by atoms with van der Waals surface area (Å²) >= 11 is 0. The van der Waals surface area contributed by atoms with Crippen LogP contribution >= 0.6 is 0 Å². The van der Waals surface area contributed by atoms with E-state index in [0.717, 1.165) is 33.7 Å². The maximum atomic E-state index is 4.67. The Labute approximate surface area is 496 Å². The van der Waals surface area contributed by atoms with Crippen molar-refractivity contribution in [1.82, 2.24) is 47.4 Å². The summed E-state index contributed by atoms with van der Waals surface area (Å²) < 4.78 is 12.5. The van der Waals surface area contributed by atoms with Gasteiger partial charge in [0, 0.05) is 99.2 Å². The van der Waals surface area contributed by atoms with Crippen LogP contribution in [0.5, 0.6) is 0 Å². The number of fused-ring (bicyclic) bond motifs is 6. The fraction of sp³-hybridized carbons (Fsp3) is 0.397. The topological polar surface area (TPSA) is 80.6 Å². The number of aryl methyl sites for hydroxylation is 5. The van der Waals surface area contributed by atoms with Crippen molar-refractivity contribution < 1.29 is 0 Å². The lowest BCUT2D eigenvalue weighted by molar-refractivity contribution is 0.526. The first-order valence-electron chi connectivity index (χ1n) is 29.3. The highest BCUT2D eigenvalue weighted by Crippen LogP contribution is 2.30. The third-order valence-corrected chi connectivity index (χ3v) is 15.3. The molecule has 8 heterocycles. The molecule has 4 aromatic carbocycles. The Morgan fingerprint density at radius 3 is 1.49 bits per heavy atom. The number of hydrogen-bond donors (Lipinski definition) is 0. The van der Waals surface area contributed by atoms with E-state index in [-0.39, 0.29) is 32.5 Å². The van der Waals surface area contributed by atoms with Gasteiger partial charge in [-0.15, -0.1) is 0 Å². The summed E-state index contributed by atoms with van der Waals surface area (Å²) in [5, 5.41) is 8.02. The highest BCUT2D eigenvalue weighted by atomic mass is 15.2. The van der Waals surface area contributed by atoms with Crippen LogP contribution in [0.2, 0.25) is 0 Å². The van der Waals surface area contributed by atoms with Crippen molar-refractivity contribution in [3.63, 3.8) is 0 Å². The van der Waals surface area contributed by atoms with E-state index in [1.165, 1.54) is 60.5 Å². The molecule has 0 spiro atoms. The number of benzene rings is 4. The third-order valence-electron chi connectivity index (χ3n) is 15.3. The summed E-state index contributed by atoms with van der Waals surface area (Å²) in [6.45, 7) is 39.9. The first-order chi connectivity index (χ1) is 38.5. The van der Waals surface area contributed by atoms with Crippen molar-refractivity contribution in [2.45, 2.75) is 157 Å². The minimum atomic E-state index is 0.105. The normalized spacial score (nSPS) is 12.3. The Hall–Kier alpha value is -7.72. The summed E-state index contributed by atoms with van der Waals surface area (Å²) in [5.74, 6) is 1.14. The molecule has 0 fully saturated rings. The van der Waals surface area contributed by atoms with Gasteiger partial charge < -0.3 is 22.8 Å². The van der Waals surface area contributed by atoms with Crippen molar-refractivity contribution >= 4 is 60.4 Å². The molecule has 0 unspecified atom stereocenters. The van der Waals surface area contributed by atoms with Gasteiger partial charge in [-0.05, 0) is 146 Å². The molecule has 0 aliphatic rings. The van der Waals surface area contributed by atoms with Crippen LogP contribution in [0.15, 0.2) is 165 Å². The number of hydrogen-bond acceptors (Lipinski definition) is 4. The minimum absolute atomic E-state index is 0.105. The van der Waals surface area contributed by atoms with Crippen LogP contribution in [0, 0.1) is 0 Å². The number of nitrogens with zero attached hydrogens (tertiary/aromatic N) is 10. The molecule has 0 amide bonds. The standard InChI is InChI=1S/2C13H17N.3C12H16N2.C11H14N2/c1-13(2,3)11-5-6-12-10(9-11)7-8-14(12)4;1-13(2,3)11-6-5-10-7-8-14(4)12(10)9-11;1-12(2,3)9-5-6-11-10(7-9)13-8-14(11)4;1-12(2,3)10-6-5-9-7-8-14(4)11(9)13-10;1-12(2,3)11-13-9-7-5-6-8-10(9)14(11)4;1-11(2,3)9-5-7-13-10(8-9)4-6-12-13/h2*5-9H,1-4H3;3*5-8H,1-4H3;4-8H,1-3H3. The maximum Gasteiger partial charge on any atom is 0.139 e. The minimum Gasteiger partial charge on any atom is -0.351 e. The zero-order valence-corrected chi connectivity index (χ0v) is 54.6. The molecule has 0 saturated carbocycles. The van der Waals surface area contributed by atoms with Gasteiger partial charge >= 0.3 is 0 Å². The summed E-state index contributed by atoms with van der Waals surface area (Å²) in [7, 11) is 10.3. The second-order valence-corrected chi connectivity index (χ2v) is 28.6. The first-order valence-corrected chi connectivity index (χ1v) is 29.3. The van der Waals surface area contributed by atoms with Crippen molar-refractivity contribution in [1.29, 1.82) is 0 Å². The van der Waals surface area contributed by atoms with Gasteiger partial charge in [0.25, 0.3) is 0 Å². The van der Waals surface area contributed by atoms with Crippen molar-refractivity contribution in [2.75, 3.05) is 0 Å². The summed E-state index contributed by atoms with van der Waals surface area (Å²) in [6.07, 6.45) is 12.0. The van der Waals surface area contributed by atoms with Crippen molar-refractivity contribution in [3.05, 3.63) is 198 Å². The molecule has 0 atom stereocenters. The van der Waals surface area contributed by atoms with E-state index in [2.05, 4.69) is 312 Å². The van der Waals surface area contributed by atoms with Crippen LogP contribution < -0.4 is 0 Å². The molecule has 0 saturated heterocycles. The van der Waals surface area contributed by atoms with Gasteiger partial charge in [0.05, 0.1) is 33.9 Å². The van der Waals surface area contributed by atoms with Gasteiger partial charge in [-0.1, -0.05) is 161 Å². The molecular weight excluding hydrogens is 1020 g/mol. The van der Waals surface area contributed by atoms with Gasteiger partial charge in [-0.3, -0.25) is 0 Å². The molecule has 0 N–H and O–H groups in total. The lowest BCUT2D eigenvalue weighted by Crippen LogP contribution is -2.17. The molecule has 12 aromatic rings. The molecule has 83 heavy (non-hydrogen) atoms. The fourth-order valence-electron chi connectivity index (χ4n) is 9.84. The zero-order chi connectivity index (χ0) is 61.2. The predicted molar refractivity (Wildman–Crippen MR) is 355 cm³/mol. The second kappa shape index (κ2) is 24.2. The van der Waals surface area contributed by atoms with Gasteiger partial charge in [-0.25, -0.2) is 19.5 Å². The van der Waals surface area contributed by atoms with Crippen LogP contribution in [0.25, 0.3) is 60.4 Å². The zero-order valence-electron chi connectivity index (χ0n) is 54.6. The van der Waals surface area contributed by atoms with E-state index in [1.54, 1.807) is 0 Å². The molecule has 12 rings (SSSR count). The summed E-state index contributed by atoms with van der Waals surface area (Å²) in [6, 6.07) is 45.2. The second-order valence-electron chi connectivity index (χ2n) is 28.6. The van der Waals surface area contributed by atoms with E-state index in [1.807, 2.05) is 60.2 Å². The maximum absolute atomic E-state index is 4.67. The molecule has 0 bridgehead atoms. The number of imidazole rings is 2. The van der Waals surface area contributed by atoms with E-state index < -0.39 is 0 Å². The van der Waals surface area contributed by atoms with Crippen LogP contribution in [-0.2, 0) is 67.7 Å². The quantitative estimate of drug-likeness (QED) is 0.152. The molecule has 10 heteroatoms. The van der Waals surface area contributed by atoms with E-state index in [4.69, 9.17) is 0 Å². The van der Waals surface area contributed by atoms with Gasteiger partial charge in [-0.2, -0.15) is 5.10 Å². The van der Waals surface area contributed by atoms with E-state index in [0.29, 0.717) is 0 Å². The number of pyridine rings is 2. The smallest absolute Gasteiger partial charge is 0.139 e. The largest absolute Gasteiger partial charge is 0.351 e. The van der Waals surface area contributed by atoms with Crippen molar-refractivity contribution in [3.8, 4) is 0 Å². The van der Waals surface area contributed by atoms with Crippen LogP contribution in [-0.4, -0.2) is 47.4 Å². The molecule has 10 nitrogen and oxygen atoms in total. The lowest BCUT2D eigenvalue weighted by Gasteiger charge is -2.19. The average Bonchev–Trinajstić information content (AvgIpc) is 4.40. The number of para-hydroxylation sites is 2. The number of rotatable bonds is 0. The van der Waals surface area contributed by atoms with E-state index in [9.17, 15) is 0 Å². The molecule has 438 valence electrons. The number of aromatic nitrogens is 10. The van der Waals surface area contributed by atoms with Crippen molar-refractivity contribution in [2.24, 2.45) is 35.2 Å². The SMILES string of the molecule is CC(C)(C)c1ccn2nccc2c1.Cn1c(C(C)(C)C)nc2ccccc21.Cn1ccc2cc(C(C)(C)C)ccc21.Cn1ccc2ccc(C(C)(C)C)cc21.Cn1ccc2ccc(C(C)(C)C)nc21.Cn1cnc2cc(C(C)(C)C)ccc21. The summed E-state index contributed by atoms with van der Waals surface area (Å²) in [4.78, 5) is 13.7. The highest BCUT2D eigenvalue weighted by Gasteiger charge is 2.22. The Morgan fingerprint density at radius 1 is 0.349 bits per heavy atom. The Morgan fingerprint density at radius 2 is 0.880 bits per heavy atom. The van der Waals surface area contributed by atoms with Gasteiger partial charge in [0.15, 0.2) is 0 Å². The lowest BCUT2D eigenvalue weighted by atomic mass is 9.86.